The number of aromatic amines is 1. The molecule has 2 atom stereocenters. The summed E-state index contributed by atoms with van der Waals surface area (Å²) in [5.41, 5.74) is 1.41. The highest BCUT2D eigenvalue weighted by Crippen LogP contribution is 2.28. The molecular weight excluding hydrogens is 424 g/mol. The van der Waals surface area contributed by atoms with Crippen molar-refractivity contribution in [2.45, 2.75) is 38.5 Å². The molecular formula is C21H25ClN4O3S. The van der Waals surface area contributed by atoms with Gasteiger partial charge < -0.3 is 10.3 Å². The monoisotopic (exact) mass is 448 g/mol. The molecule has 0 fully saturated rings. The maximum absolute atomic E-state index is 12.5. The highest BCUT2D eigenvalue weighted by Gasteiger charge is 2.26. The van der Waals surface area contributed by atoms with E-state index in [1.165, 1.54) is 12.5 Å². The van der Waals surface area contributed by atoms with Crippen LogP contribution < -0.4 is 10.9 Å². The fourth-order valence-electron chi connectivity index (χ4n) is 3.35. The number of hydrogen-bond donors (Lipinski definition) is 2. The lowest BCUT2D eigenvalue weighted by atomic mass is 10.1. The van der Waals surface area contributed by atoms with Crippen LogP contribution in [0.5, 0.6) is 0 Å². The molecule has 3 rings (SSSR count). The number of halogens is 1. The number of pyridine rings is 1. The molecule has 0 aliphatic carbocycles. The van der Waals surface area contributed by atoms with Crippen molar-refractivity contribution in [3.8, 4) is 0 Å². The first kappa shape index (κ1) is 22.2. The summed E-state index contributed by atoms with van der Waals surface area (Å²) < 4.78 is 24.6. The fraction of sp³-hybridized carbons (Fsp3) is 0.381. The van der Waals surface area contributed by atoms with Crippen molar-refractivity contribution in [2.75, 3.05) is 11.6 Å². The minimum absolute atomic E-state index is 0.193. The topological polar surface area (TPSA) is 105 Å². The van der Waals surface area contributed by atoms with E-state index < -0.39 is 21.1 Å². The van der Waals surface area contributed by atoms with Crippen molar-refractivity contribution in [2.24, 2.45) is 5.92 Å². The number of nitrogens with zero attached hydrogens (tertiary/aromatic N) is 2. The van der Waals surface area contributed by atoms with E-state index in [-0.39, 0.29) is 17.4 Å². The molecule has 2 N–H and O–H groups in total. The average molecular weight is 449 g/mol. The van der Waals surface area contributed by atoms with Gasteiger partial charge >= 0.3 is 0 Å². The van der Waals surface area contributed by atoms with Crippen molar-refractivity contribution in [1.29, 1.82) is 0 Å². The Morgan fingerprint density at radius 2 is 1.90 bits per heavy atom. The third-order valence-corrected chi connectivity index (χ3v) is 6.56. The quantitative estimate of drug-likeness (QED) is 0.559. The predicted octanol–water partition coefficient (Wildman–Crippen LogP) is 4.28. The molecule has 0 saturated heterocycles. The average Bonchev–Trinajstić information content (AvgIpc) is 2.65. The normalized spacial score (nSPS) is 14.1. The van der Waals surface area contributed by atoms with Crippen molar-refractivity contribution in [3.63, 3.8) is 0 Å². The van der Waals surface area contributed by atoms with E-state index in [2.05, 4.69) is 20.3 Å². The summed E-state index contributed by atoms with van der Waals surface area (Å²) in [6.45, 7) is 5.76. The molecule has 2 heterocycles. The maximum Gasteiger partial charge on any atom is 0.253 e. The first-order valence-corrected chi connectivity index (χ1v) is 12.0. The van der Waals surface area contributed by atoms with Gasteiger partial charge in [-0.3, -0.25) is 4.79 Å². The van der Waals surface area contributed by atoms with Crippen LogP contribution in [0.2, 0.25) is 5.02 Å². The lowest BCUT2D eigenvalue weighted by molar-refractivity contribution is 0.531. The van der Waals surface area contributed by atoms with E-state index >= 15 is 0 Å². The fourth-order valence-corrected chi connectivity index (χ4v) is 4.84. The van der Waals surface area contributed by atoms with Crippen LogP contribution in [0.1, 0.15) is 49.7 Å². The highest BCUT2D eigenvalue weighted by atomic mass is 35.5. The largest absolute Gasteiger partial charge is 0.347 e. The molecule has 0 aliphatic heterocycles. The zero-order valence-corrected chi connectivity index (χ0v) is 18.9. The van der Waals surface area contributed by atoms with E-state index in [4.69, 9.17) is 11.6 Å². The highest BCUT2D eigenvalue weighted by molar-refractivity contribution is 7.90. The summed E-state index contributed by atoms with van der Waals surface area (Å²) in [7, 11) is -3.33. The lowest BCUT2D eigenvalue weighted by Crippen LogP contribution is -2.21. The van der Waals surface area contributed by atoms with Gasteiger partial charge in [-0.05, 0) is 49.6 Å². The molecule has 160 valence electrons. The summed E-state index contributed by atoms with van der Waals surface area (Å²) in [5.74, 6) is 0.459. The molecule has 0 radical (unpaired) electrons. The maximum atomic E-state index is 12.5. The number of nitrogens with one attached hydrogen (secondary N) is 2. The van der Waals surface area contributed by atoms with Gasteiger partial charge in [-0.15, -0.1) is 0 Å². The van der Waals surface area contributed by atoms with E-state index in [9.17, 15) is 13.2 Å². The second-order valence-corrected chi connectivity index (χ2v) is 10.6. The molecule has 30 heavy (non-hydrogen) atoms. The van der Waals surface area contributed by atoms with Crippen LogP contribution >= 0.6 is 11.6 Å². The number of aromatic nitrogens is 3. The van der Waals surface area contributed by atoms with Crippen LogP contribution in [-0.4, -0.2) is 29.6 Å². The van der Waals surface area contributed by atoms with Gasteiger partial charge in [-0.25, -0.2) is 18.4 Å². The van der Waals surface area contributed by atoms with Crippen LogP contribution in [0.3, 0.4) is 0 Å². The Morgan fingerprint density at radius 1 is 1.17 bits per heavy atom. The summed E-state index contributed by atoms with van der Waals surface area (Å²) in [6, 6.07) is 8.25. The van der Waals surface area contributed by atoms with E-state index in [1.807, 2.05) is 20.8 Å². The molecule has 0 aliphatic rings. The Labute approximate surface area is 180 Å². The number of anilines is 1. The Balaban J connectivity index is 1.91. The van der Waals surface area contributed by atoms with Crippen molar-refractivity contribution >= 4 is 38.3 Å². The summed E-state index contributed by atoms with van der Waals surface area (Å²) >= 11 is 6.06. The molecule has 2 aromatic heterocycles. The van der Waals surface area contributed by atoms with E-state index in [1.54, 1.807) is 30.3 Å². The molecule has 0 amide bonds. The van der Waals surface area contributed by atoms with Crippen LogP contribution in [0.25, 0.3) is 10.9 Å². The van der Waals surface area contributed by atoms with Gasteiger partial charge in [-0.2, -0.15) is 0 Å². The summed E-state index contributed by atoms with van der Waals surface area (Å²) in [4.78, 5) is 24.0. The lowest BCUT2D eigenvalue weighted by Gasteiger charge is -2.19. The second-order valence-electron chi connectivity index (χ2n) is 7.90. The van der Waals surface area contributed by atoms with Gasteiger partial charge in [0.2, 0.25) is 5.95 Å². The first-order valence-electron chi connectivity index (χ1n) is 9.65. The van der Waals surface area contributed by atoms with Crippen LogP contribution in [0, 0.1) is 5.92 Å². The molecule has 9 heteroatoms. The van der Waals surface area contributed by atoms with Gasteiger partial charge in [-0.1, -0.05) is 25.4 Å². The molecule has 0 spiro atoms. The molecule has 3 aromatic rings. The van der Waals surface area contributed by atoms with Gasteiger partial charge in [0.15, 0.2) is 9.84 Å². The van der Waals surface area contributed by atoms with Crippen molar-refractivity contribution in [3.05, 3.63) is 63.2 Å². The van der Waals surface area contributed by atoms with Gasteiger partial charge in [0, 0.05) is 33.9 Å². The zero-order chi connectivity index (χ0) is 22.1. The Hall–Kier alpha value is -2.45. The number of sulfone groups is 1. The molecule has 2 unspecified atom stereocenters. The Morgan fingerprint density at radius 3 is 2.57 bits per heavy atom. The number of hydrogen-bond acceptors (Lipinski definition) is 6. The number of rotatable bonds is 7. The third kappa shape index (κ3) is 5.17. The van der Waals surface area contributed by atoms with Crippen molar-refractivity contribution in [1.82, 2.24) is 15.0 Å². The van der Waals surface area contributed by atoms with E-state index in [0.29, 0.717) is 28.2 Å². The molecule has 0 bridgehead atoms. The molecule has 1 aromatic carbocycles. The second kappa shape index (κ2) is 8.73. The minimum atomic E-state index is -3.33. The Bertz CT molecular complexity index is 1220. The Kier molecular flexibility index (Phi) is 6.47. The number of H-pyrrole nitrogens is 1. The van der Waals surface area contributed by atoms with E-state index in [0.717, 1.165) is 5.39 Å². The molecule has 0 saturated carbocycles. The number of fused-ring (bicyclic) bond motifs is 1. The van der Waals surface area contributed by atoms with Gasteiger partial charge in [0.25, 0.3) is 5.56 Å². The molecule has 7 nitrogen and oxygen atoms in total. The van der Waals surface area contributed by atoms with Crippen LogP contribution in [-0.2, 0) is 9.84 Å². The predicted molar refractivity (Wildman–Crippen MR) is 121 cm³/mol. The summed E-state index contributed by atoms with van der Waals surface area (Å²) in [5, 5.41) is 3.79. The SMILES string of the molecule is CC(C)CC(c1ccnc(NC(C)c2cc3cc(Cl)ccc3[nH]c2=O)n1)S(C)(=O)=O. The van der Waals surface area contributed by atoms with Crippen molar-refractivity contribution < 1.29 is 8.42 Å². The van der Waals surface area contributed by atoms with Gasteiger partial charge in [0.05, 0.1) is 11.7 Å². The minimum Gasteiger partial charge on any atom is -0.347 e. The van der Waals surface area contributed by atoms with Crippen LogP contribution in [0.4, 0.5) is 5.95 Å². The number of benzene rings is 1. The zero-order valence-electron chi connectivity index (χ0n) is 17.3. The smallest absolute Gasteiger partial charge is 0.253 e. The van der Waals surface area contributed by atoms with Crippen LogP contribution in [0.15, 0.2) is 41.3 Å². The third-order valence-electron chi connectivity index (χ3n) is 4.86. The van der Waals surface area contributed by atoms with Gasteiger partial charge in [0.1, 0.15) is 5.25 Å². The first-order chi connectivity index (χ1) is 14.0. The standard InChI is InChI=1S/C21H25ClN4O3S/c1-12(2)9-19(30(4,28)29)18-7-8-23-21(26-18)24-13(3)16-11-14-10-15(22)5-6-17(14)25-20(16)27/h5-8,10-13,19H,9H2,1-4H3,(H,25,27)(H,23,24,26). The summed E-state index contributed by atoms with van der Waals surface area (Å²) in [6.07, 6.45) is 3.22.